The van der Waals surface area contributed by atoms with Crippen molar-refractivity contribution < 1.29 is 9.47 Å². The van der Waals surface area contributed by atoms with Crippen LogP contribution >= 0.6 is 0 Å². The summed E-state index contributed by atoms with van der Waals surface area (Å²) in [6.07, 6.45) is 0. The van der Waals surface area contributed by atoms with Crippen molar-refractivity contribution in [2.45, 2.75) is 6.92 Å². The Kier molecular flexibility index (Phi) is 4.98. The topological polar surface area (TPSA) is 49.3 Å². The predicted molar refractivity (Wildman–Crippen MR) is 70.2 cm³/mol. The smallest absolute Gasteiger partial charge is 0.0812 e. The molecule has 102 valence electrons. The molecule has 0 aromatic heterocycles. The lowest BCUT2D eigenvalue weighted by Crippen LogP contribution is -2.46. The molecule has 0 amide bonds. The van der Waals surface area contributed by atoms with Crippen molar-refractivity contribution in [3.8, 4) is 0 Å². The average molecular weight is 254 g/mol. The molecule has 0 saturated carbocycles. The van der Waals surface area contributed by atoms with Gasteiger partial charge in [-0.05, 0) is 6.92 Å². The van der Waals surface area contributed by atoms with Gasteiger partial charge in [-0.15, -0.1) is 0 Å². The minimum atomic E-state index is 0.750. The molecule has 0 bridgehead atoms. The van der Waals surface area contributed by atoms with Crippen LogP contribution in [0.3, 0.4) is 0 Å². The number of hydrazone groups is 1. The average Bonchev–Trinajstić information content (AvgIpc) is 2.41. The van der Waals surface area contributed by atoms with Gasteiger partial charge in [0.1, 0.15) is 0 Å². The fourth-order valence-electron chi connectivity index (χ4n) is 1.87. The number of nitrogens with zero attached hydrogens (tertiary/aromatic N) is 3. The molecule has 2 heterocycles. The molecule has 0 unspecified atom stereocenters. The van der Waals surface area contributed by atoms with Crippen LogP contribution in [-0.4, -0.2) is 68.3 Å². The van der Waals surface area contributed by atoms with E-state index in [-0.39, 0.29) is 0 Å². The molecule has 2 rings (SSSR count). The van der Waals surface area contributed by atoms with Gasteiger partial charge in [-0.25, -0.2) is 5.01 Å². The zero-order valence-electron chi connectivity index (χ0n) is 11.0. The summed E-state index contributed by atoms with van der Waals surface area (Å²) >= 11 is 0. The van der Waals surface area contributed by atoms with Crippen molar-refractivity contribution >= 4 is 5.71 Å². The zero-order chi connectivity index (χ0) is 12.8. The van der Waals surface area contributed by atoms with Gasteiger partial charge in [0.25, 0.3) is 0 Å². The molecule has 0 atom stereocenters. The quantitative estimate of drug-likeness (QED) is 0.718. The highest BCUT2D eigenvalue weighted by Gasteiger charge is 2.13. The van der Waals surface area contributed by atoms with Gasteiger partial charge in [-0.3, -0.25) is 5.01 Å². The third-order valence-corrected chi connectivity index (χ3v) is 3.02. The molecule has 6 heteroatoms. The van der Waals surface area contributed by atoms with E-state index in [1.165, 1.54) is 0 Å². The predicted octanol–water partition coefficient (Wildman–Crippen LogP) is 0.0450. The molecule has 2 aliphatic heterocycles. The first kappa shape index (κ1) is 13.3. The molecule has 0 aromatic carbocycles. The molecule has 6 nitrogen and oxygen atoms in total. The van der Waals surface area contributed by atoms with Gasteiger partial charge in [-0.2, -0.15) is 5.10 Å². The molecule has 2 saturated heterocycles. The van der Waals surface area contributed by atoms with Gasteiger partial charge < -0.3 is 14.9 Å². The summed E-state index contributed by atoms with van der Waals surface area (Å²) in [6, 6.07) is 0. The minimum Gasteiger partial charge on any atom is -0.379 e. The fourth-order valence-corrected chi connectivity index (χ4v) is 1.87. The summed E-state index contributed by atoms with van der Waals surface area (Å²) in [5.74, 6) is 0. The largest absolute Gasteiger partial charge is 0.379 e. The van der Waals surface area contributed by atoms with Crippen molar-refractivity contribution in [3.63, 3.8) is 0 Å². The summed E-state index contributed by atoms with van der Waals surface area (Å²) in [6.45, 7) is 12.5. The lowest BCUT2D eigenvalue weighted by Gasteiger charge is -2.29. The van der Waals surface area contributed by atoms with Crippen LogP contribution in [0.2, 0.25) is 0 Å². The summed E-state index contributed by atoms with van der Waals surface area (Å²) in [5.41, 5.74) is 5.05. The van der Waals surface area contributed by atoms with Crippen molar-refractivity contribution in [3.05, 3.63) is 12.3 Å². The number of hydrogen-bond donors (Lipinski definition) is 1. The Morgan fingerprint density at radius 3 is 2.22 bits per heavy atom. The number of ether oxygens (including phenoxy) is 2. The first-order valence-corrected chi connectivity index (χ1v) is 6.42. The molecule has 0 radical (unpaired) electrons. The Bertz CT molecular complexity index is 307. The first-order chi connectivity index (χ1) is 8.75. The van der Waals surface area contributed by atoms with Crippen molar-refractivity contribution in [2.24, 2.45) is 5.10 Å². The van der Waals surface area contributed by atoms with Gasteiger partial charge in [0, 0.05) is 13.1 Å². The summed E-state index contributed by atoms with van der Waals surface area (Å²) in [4.78, 5) is 0. The highest BCUT2D eigenvalue weighted by Crippen LogP contribution is 2.02. The Balaban J connectivity index is 1.81. The van der Waals surface area contributed by atoms with Crippen LogP contribution in [0.15, 0.2) is 17.4 Å². The third-order valence-electron chi connectivity index (χ3n) is 3.02. The fraction of sp³-hybridized carbons (Fsp3) is 0.750. The van der Waals surface area contributed by atoms with Gasteiger partial charge in [0.05, 0.1) is 50.9 Å². The monoisotopic (exact) mass is 254 g/mol. The molecule has 2 aliphatic rings. The van der Waals surface area contributed by atoms with Gasteiger partial charge in [0.15, 0.2) is 0 Å². The summed E-state index contributed by atoms with van der Waals surface area (Å²) in [5, 5.41) is 8.70. The lowest BCUT2D eigenvalue weighted by molar-refractivity contribution is 0.0196. The second-order valence-corrected chi connectivity index (χ2v) is 4.44. The second kappa shape index (κ2) is 6.72. The molecule has 0 spiro atoms. The number of nitrogens with one attached hydrogen (secondary N) is 1. The maximum atomic E-state index is 5.30. The van der Waals surface area contributed by atoms with Crippen LogP contribution in [0.1, 0.15) is 6.92 Å². The lowest BCUT2D eigenvalue weighted by atomic mass is 10.3. The van der Waals surface area contributed by atoms with Gasteiger partial charge in [0.2, 0.25) is 0 Å². The maximum absolute atomic E-state index is 5.30. The van der Waals surface area contributed by atoms with E-state index in [2.05, 4.69) is 22.1 Å². The van der Waals surface area contributed by atoms with E-state index in [4.69, 9.17) is 9.47 Å². The first-order valence-electron chi connectivity index (χ1n) is 6.42. The number of allylic oxidation sites excluding steroid dienone is 1. The Hall–Kier alpha value is -1.11. The third kappa shape index (κ3) is 3.97. The highest BCUT2D eigenvalue weighted by atomic mass is 16.5. The molecule has 2 fully saturated rings. The number of morpholine rings is 2. The van der Waals surface area contributed by atoms with E-state index >= 15 is 0 Å². The van der Waals surface area contributed by atoms with Crippen LogP contribution < -0.4 is 5.43 Å². The van der Waals surface area contributed by atoms with Crippen LogP contribution in [0, 0.1) is 0 Å². The Morgan fingerprint density at radius 2 is 1.61 bits per heavy atom. The summed E-state index contributed by atoms with van der Waals surface area (Å²) < 4.78 is 10.6. The van der Waals surface area contributed by atoms with Crippen LogP contribution in [-0.2, 0) is 9.47 Å². The van der Waals surface area contributed by atoms with Crippen LogP contribution in [0.4, 0.5) is 0 Å². The Morgan fingerprint density at radius 1 is 1.06 bits per heavy atom. The molecule has 18 heavy (non-hydrogen) atoms. The minimum absolute atomic E-state index is 0.750. The Labute approximate surface area is 108 Å². The van der Waals surface area contributed by atoms with Gasteiger partial charge >= 0.3 is 0 Å². The molecular formula is C12H22N4O2. The van der Waals surface area contributed by atoms with Crippen molar-refractivity contribution in [1.82, 2.24) is 15.4 Å². The molecule has 1 N–H and O–H groups in total. The standard InChI is InChI=1S/C12H22N4O2/c1-11(13-15-3-7-17-8-4-15)12(2)14-16-5-9-18-10-6-16/h13H,1,3-10H2,2H3. The van der Waals surface area contributed by atoms with E-state index in [0.717, 1.165) is 64.0 Å². The van der Waals surface area contributed by atoms with Crippen molar-refractivity contribution in [2.75, 3.05) is 52.6 Å². The van der Waals surface area contributed by atoms with Crippen LogP contribution in [0.5, 0.6) is 0 Å². The number of hydrogen-bond acceptors (Lipinski definition) is 6. The molecular weight excluding hydrogens is 232 g/mol. The number of rotatable bonds is 4. The molecule has 0 aromatic rings. The molecule has 0 aliphatic carbocycles. The highest BCUT2D eigenvalue weighted by molar-refractivity contribution is 5.96. The van der Waals surface area contributed by atoms with Crippen LogP contribution in [0.25, 0.3) is 0 Å². The van der Waals surface area contributed by atoms with E-state index in [0.29, 0.717) is 0 Å². The van der Waals surface area contributed by atoms with Crippen molar-refractivity contribution in [1.29, 1.82) is 0 Å². The van der Waals surface area contributed by atoms with E-state index in [9.17, 15) is 0 Å². The zero-order valence-corrected chi connectivity index (χ0v) is 11.0. The SMILES string of the molecule is C=C(NN1CCOCC1)C(C)=NN1CCOCC1. The van der Waals surface area contributed by atoms with E-state index in [1.807, 2.05) is 11.9 Å². The van der Waals surface area contributed by atoms with E-state index < -0.39 is 0 Å². The van der Waals surface area contributed by atoms with E-state index in [1.54, 1.807) is 0 Å². The second-order valence-electron chi connectivity index (χ2n) is 4.44. The number of hydrazine groups is 1. The van der Waals surface area contributed by atoms with Gasteiger partial charge in [-0.1, -0.05) is 6.58 Å². The summed E-state index contributed by atoms with van der Waals surface area (Å²) in [7, 11) is 0. The maximum Gasteiger partial charge on any atom is 0.0812 e. The normalized spacial score (nSPS) is 22.9.